The Morgan fingerprint density at radius 3 is 2.71 bits per heavy atom. The maximum atomic E-state index is 11.7. The van der Waals surface area contributed by atoms with Gasteiger partial charge in [0.15, 0.2) is 0 Å². The van der Waals surface area contributed by atoms with Crippen LogP contribution in [-0.2, 0) is 4.74 Å². The summed E-state index contributed by atoms with van der Waals surface area (Å²) in [7, 11) is 1.42. The maximum absolute atomic E-state index is 11.7. The van der Waals surface area contributed by atoms with Crippen LogP contribution < -0.4 is 10.2 Å². The number of ether oxygens (including phenoxy) is 1. The lowest BCUT2D eigenvalue weighted by Gasteiger charge is -2.30. The second-order valence-electron chi connectivity index (χ2n) is 4.25. The number of carbonyl (C=O) groups excluding carboxylic acids is 1. The average Bonchev–Trinajstić information content (AvgIpc) is 2.39. The van der Waals surface area contributed by atoms with Crippen LogP contribution in [-0.4, -0.2) is 39.3 Å². The summed E-state index contributed by atoms with van der Waals surface area (Å²) in [6, 6.07) is 5.84. The molecule has 17 heavy (non-hydrogen) atoms. The van der Waals surface area contributed by atoms with E-state index >= 15 is 0 Å². The normalized spacial score (nSPS) is 15.8. The molecule has 0 unspecified atom stereocenters. The van der Waals surface area contributed by atoms with E-state index in [0.717, 1.165) is 37.4 Å². The van der Waals surface area contributed by atoms with Gasteiger partial charge in [0.2, 0.25) is 0 Å². The lowest BCUT2D eigenvalue weighted by Crippen LogP contribution is -2.44. The highest BCUT2D eigenvalue weighted by atomic mass is 16.5. The number of hydrogen-bond donors (Lipinski definition) is 1. The van der Waals surface area contributed by atoms with Crippen LogP contribution in [0.1, 0.15) is 15.9 Å². The van der Waals surface area contributed by atoms with Crippen molar-refractivity contribution in [3.63, 3.8) is 0 Å². The summed E-state index contributed by atoms with van der Waals surface area (Å²) in [6.07, 6.45) is 0. The van der Waals surface area contributed by atoms with Gasteiger partial charge in [-0.15, -0.1) is 0 Å². The highest BCUT2D eigenvalue weighted by molar-refractivity contribution is 5.96. The zero-order valence-electron chi connectivity index (χ0n) is 10.3. The van der Waals surface area contributed by atoms with Crippen LogP contribution in [0.25, 0.3) is 0 Å². The molecule has 0 bridgehead atoms. The van der Waals surface area contributed by atoms with E-state index in [2.05, 4.69) is 16.3 Å². The van der Waals surface area contributed by atoms with Crippen molar-refractivity contribution in [2.24, 2.45) is 0 Å². The monoisotopic (exact) mass is 234 g/mol. The summed E-state index contributed by atoms with van der Waals surface area (Å²) in [4.78, 5) is 14.0. The Morgan fingerprint density at radius 2 is 2.06 bits per heavy atom. The number of rotatable bonds is 2. The number of aryl methyl sites for hydroxylation is 1. The van der Waals surface area contributed by atoms with Gasteiger partial charge < -0.3 is 15.0 Å². The first kappa shape index (κ1) is 11.9. The van der Waals surface area contributed by atoms with E-state index in [-0.39, 0.29) is 5.97 Å². The third kappa shape index (κ3) is 2.58. The van der Waals surface area contributed by atoms with E-state index in [0.29, 0.717) is 5.56 Å². The molecule has 1 aromatic carbocycles. The molecule has 0 saturated carbocycles. The average molecular weight is 234 g/mol. The standard InChI is InChI=1S/C13H18N2O2/c1-10-3-4-11(13(16)17-2)12(9-10)15-7-5-14-6-8-15/h3-4,9,14H,5-8H2,1-2H3. The third-order valence-electron chi connectivity index (χ3n) is 3.02. The Balaban J connectivity index is 2.35. The summed E-state index contributed by atoms with van der Waals surface area (Å²) >= 11 is 0. The van der Waals surface area contributed by atoms with E-state index in [9.17, 15) is 4.79 Å². The molecule has 4 nitrogen and oxygen atoms in total. The van der Waals surface area contributed by atoms with Crippen LogP contribution in [0.2, 0.25) is 0 Å². The first-order valence-corrected chi connectivity index (χ1v) is 5.87. The number of methoxy groups -OCH3 is 1. The molecule has 1 N–H and O–H groups in total. The first-order valence-electron chi connectivity index (χ1n) is 5.87. The van der Waals surface area contributed by atoms with Gasteiger partial charge in [-0.3, -0.25) is 0 Å². The zero-order valence-corrected chi connectivity index (χ0v) is 10.3. The van der Waals surface area contributed by atoms with E-state index < -0.39 is 0 Å². The minimum atomic E-state index is -0.265. The summed E-state index contributed by atoms with van der Waals surface area (Å²) in [5.41, 5.74) is 2.80. The van der Waals surface area contributed by atoms with E-state index in [1.54, 1.807) is 0 Å². The van der Waals surface area contributed by atoms with Gasteiger partial charge in [0.25, 0.3) is 0 Å². The molecule has 1 aliphatic heterocycles. The number of hydrogen-bond acceptors (Lipinski definition) is 4. The molecule has 92 valence electrons. The van der Waals surface area contributed by atoms with Crippen molar-refractivity contribution < 1.29 is 9.53 Å². The Kier molecular flexibility index (Phi) is 3.64. The van der Waals surface area contributed by atoms with Crippen molar-refractivity contribution in [2.75, 3.05) is 38.2 Å². The van der Waals surface area contributed by atoms with E-state index in [1.165, 1.54) is 7.11 Å². The van der Waals surface area contributed by atoms with Crippen LogP contribution in [0.15, 0.2) is 18.2 Å². The zero-order chi connectivity index (χ0) is 12.3. The smallest absolute Gasteiger partial charge is 0.339 e. The molecule has 1 aliphatic rings. The highest BCUT2D eigenvalue weighted by Crippen LogP contribution is 2.23. The molecule has 2 rings (SSSR count). The van der Waals surface area contributed by atoms with Gasteiger partial charge in [-0.1, -0.05) is 6.07 Å². The first-order chi connectivity index (χ1) is 8.22. The number of esters is 1. The summed E-state index contributed by atoms with van der Waals surface area (Å²) in [5.74, 6) is -0.265. The molecule has 1 fully saturated rings. The molecule has 0 aromatic heterocycles. The van der Waals surface area contributed by atoms with Crippen molar-refractivity contribution in [3.8, 4) is 0 Å². The second-order valence-corrected chi connectivity index (χ2v) is 4.25. The minimum Gasteiger partial charge on any atom is -0.465 e. The topological polar surface area (TPSA) is 41.6 Å². The van der Waals surface area contributed by atoms with Crippen LogP contribution in [0.4, 0.5) is 5.69 Å². The molecule has 1 aromatic rings. The number of piperazine rings is 1. The number of carbonyl (C=O) groups is 1. The third-order valence-corrected chi connectivity index (χ3v) is 3.02. The molecule has 1 saturated heterocycles. The van der Waals surface area contributed by atoms with Crippen molar-refractivity contribution in [1.82, 2.24) is 5.32 Å². The van der Waals surface area contributed by atoms with Crippen molar-refractivity contribution in [2.45, 2.75) is 6.92 Å². The molecule has 0 radical (unpaired) electrons. The molecular formula is C13H18N2O2. The highest BCUT2D eigenvalue weighted by Gasteiger charge is 2.18. The SMILES string of the molecule is COC(=O)c1ccc(C)cc1N1CCNCC1. The Bertz CT molecular complexity index is 412. The molecule has 4 heteroatoms. The Morgan fingerprint density at radius 1 is 1.35 bits per heavy atom. The van der Waals surface area contributed by atoms with Gasteiger partial charge in [-0.25, -0.2) is 4.79 Å². The number of anilines is 1. The van der Waals surface area contributed by atoms with Crippen LogP contribution >= 0.6 is 0 Å². The van der Waals surface area contributed by atoms with Gasteiger partial charge in [-0.05, 0) is 24.6 Å². The molecule has 1 heterocycles. The fourth-order valence-electron chi connectivity index (χ4n) is 2.09. The Labute approximate surface area is 102 Å². The fraction of sp³-hybridized carbons (Fsp3) is 0.462. The maximum Gasteiger partial charge on any atom is 0.339 e. The molecule has 0 atom stereocenters. The van der Waals surface area contributed by atoms with Gasteiger partial charge >= 0.3 is 5.97 Å². The predicted octanol–water partition coefficient (Wildman–Crippen LogP) is 1.19. The summed E-state index contributed by atoms with van der Waals surface area (Å²) < 4.78 is 4.83. The van der Waals surface area contributed by atoms with Crippen molar-refractivity contribution in [1.29, 1.82) is 0 Å². The van der Waals surface area contributed by atoms with Gasteiger partial charge in [0.05, 0.1) is 18.4 Å². The van der Waals surface area contributed by atoms with E-state index in [4.69, 9.17) is 4.74 Å². The number of nitrogens with zero attached hydrogens (tertiary/aromatic N) is 1. The molecule has 0 aliphatic carbocycles. The summed E-state index contributed by atoms with van der Waals surface area (Å²) in [6.45, 7) is 5.79. The van der Waals surface area contributed by atoms with Gasteiger partial charge in [-0.2, -0.15) is 0 Å². The predicted molar refractivity (Wildman–Crippen MR) is 67.6 cm³/mol. The van der Waals surface area contributed by atoms with Gasteiger partial charge in [0, 0.05) is 26.2 Å². The quantitative estimate of drug-likeness (QED) is 0.781. The fourth-order valence-corrected chi connectivity index (χ4v) is 2.09. The van der Waals surface area contributed by atoms with Gasteiger partial charge in [0.1, 0.15) is 0 Å². The summed E-state index contributed by atoms with van der Waals surface area (Å²) in [5, 5.41) is 3.30. The Hall–Kier alpha value is -1.55. The lowest BCUT2D eigenvalue weighted by atomic mass is 10.1. The lowest BCUT2D eigenvalue weighted by molar-refractivity contribution is 0.0601. The number of benzene rings is 1. The number of nitrogens with one attached hydrogen (secondary N) is 1. The minimum absolute atomic E-state index is 0.265. The van der Waals surface area contributed by atoms with Crippen molar-refractivity contribution >= 4 is 11.7 Å². The van der Waals surface area contributed by atoms with Crippen LogP contribution in [0.5, 0.6) is 0 Å². The van der Waals surface area contributed by atoms with E-state index in [1.807, 2.05) is 19.1 Å². The molecule has 0 spiro atoms. The second kappa shape index (κ2) is 5.19. The molecular weight excluding hydrogens is 216 g/mol. The van der Waals surface area contributed by atoms with Crippen LogP contribution in [0, 0.1) is 6.92 Å². The molecule has 0 amide bonds. The largest absolute Gasteiger partial charge is 0.465 e. The van der Waals surface area contributed by atoms with Crippen molar-refractivity contribution in [3.05, 3.63) is 29.3 Å². The van der Waals surface area contributed by atoms with Crippen LogP contribution in [0.3, 0.4) is 0 Å².